The first-order valence-corrected chi connectivity index (χ1v) is 7.19. The molecule has 0 spiro atoms. The van der Waals surface area contributed by atoms with Gasteiger partial charge in [0.15, 0.2) is 11.5 Å². The lowest BCUT2D eigenvalue weighted by Crippen LogP contribution is -2.38. The molecule has 7 nitrogen and oxygen atoms in total. The van der Waals surface area contributed by atoms with Gasteiger partial charge in [0.05, 0.1) is 12.2 Å². The molecule has 2 heterocycles. The monoisotopic (exact) mass is 303 g/mol. The fraction of sp³-hybridized carbons (Fsp3) is 0.400. The summed E-state index contributed by atoms with van der Waals surface area (Å²) in [5.74, 6) is -1.15. The first kappa shape index (κ1) is 14.4. The molecule has 2 N–H and O–H groups in total. The molecule has 1 unspecified atom stereocenters. The summed E-state index contributed by atoms with van der Waals surface area (Å²) in [4.78, 5) is 25.2. The van der Waals surface area contributed by atoms with E-state index in [0.29, 0.717) is 11.5 Å². The molecule has 22 heavy (non-hydrogen) atoms. The van der Waals surface area contributed by atoms with E-state index in [1.54, 1.807) is 36.3 Å². The Morgan fingerprint density at radius 2 is 2.32 bits per heavy atom. The molecule has 1 aliphatic rings. The van der Waals surface area contributed by atoms with E-state index < -0.39 is 11.9 Å². The van der Waals surface area contributed by atoms with E-state index in [-0.39, 0.29) is 24.2 Å². The Kier molecular flexibility index (Phi) is 3.70. The van der Waals surface area contributed by atoms with Crippen LogP contribution in [0.3, 0.4) is 0 Å². The van der Waals surface area contributed by atoms with Crippen molar-refractivity contribution in [3.63, 3.8) is 0 Å². The van der Waals surface area contributed by atoms with Gasteiger partial charge in [-0.3, -0.25) is 14.7 Å². The molecule has 0 radical (unpaired) electrons. The minimum Gasteiger partial charge on any atom is -0.481 e. The Labute approximate surface area is 126 Å². The normalized spacial score (nSPS) is 15.5. The maximum absolute atomic E-state index is 12.6. The van der Waals surface area contributed by atoms with Gasteiger partial charge in [-0.05, 0) is 25.0 Å². The van der Waals surface area contributed by atoms with E-state index in [1.165, 1.54) is 0 Å². The predicted octanol–water partition coefficient (Wildman–Crippen LogP) is 1.99. The number of hydrogen-bond acceptors (Lipinski definition) is 4. The van der Waals surface area contributed by atoms with Gasteiger partial charge in [-0.1, -0.05) is 6.92 Å². The molecule has 1 saturated carbocycles. The van der Waals surface area contributed by atoms with Crippen molar-refractivity contribution in [2.45, 2.75) is 25.8 Å². The number of aromatic nitrogens is 2. The van der Waals surface area contributed by atoms with Gasteiger partial charge in [-0.25, -0.2) is 0 Å². The third-order valence-electron chi connectivity index (χ3n) is 3.72. The summed E-state index contributed by atoms with van der Waals surface area (Å²) < 4.78 is 5.26. The lowest BCUT2D eigenvalue weighted by Gasteiger charge is -2.23. The zero-order valence-electron chi connectivity index (χ0n) is 12.2. The fourth-order valence-electron chi connectivity index (χ4n) is 2.29. The van der Waals surface area contributed by atoms with Crippen LogP contribution in [0.1, 0.15) is 30.3 Å². The Morgan fingerprint density at radius 1 is 1.55 bits per heavy atom. The van der Waals surface area contributed by atoms with Gasteiger partial charge in [0.2, 0.25) is 0 Å². The second-order valence-corrected chi connectivity index (χ2v) is 5.57. The van der Waals surface area contributed by atoms with Gasteiger partial charge in [-0.15, -0.1) is 0 Å². The van der Waals surface area contributed by atoms with Crippen molar-refractivity contribution in [3.8, 4) is 11.5 Å². The van der Waals surface area contributed by atoms with E-state index in [4.69, 9.17) is 9.52 Å². The fourth-order valence-corrected chi connectivity index (χ4v) is 2.29. The SMILES string of the molecule is CC(CN(C(=O)c1cc(-c2ccco2)[nH]n1)C1CC1)C(=O)O. The van der Waals surface area contributed by atoms with Crippen molar-refractivity contribution in [1.29, 1.82) is 0 Å². The topological polar surface area (TPSA) is 99.4 Å². The second-order valence-electron chi connectivity index (χ2n) is 5.57. The molecule has 0 bridgehead atoms. The first-order chi connectivity index (χ1) is 10.6. The first-order valence-electron chi connectivity index (χ1n) is 7.19. The van der Waals surface area contributed by atoms with E-state index in [2.05, 4.69) is 10.2 Å². The van der Waals surface area contributed by atoms with Crippen LogP contribution >= 0.6 is 0 Å². The molecule has 0 saturated heterocycles. The van der Waals surface area contributed by atoms with Crippen LogP contribution in [0.2, 0.25) is 0 Å². The standard InChI is InChI=1S/C15H17N3O4/c1-9(15(20)21)8-18(10-4-5-10)14(19)12-7-11(16-17-12)13-3-2-6-22-13/h2-3,6-7,9-10H,4-5,8H2,1H3,(H,16,17)(H,20,21). The number of hydrogen-bond donors (Lipinski definition) is 2. The van der Waals surface area contributed by atoms with Crippen LogP contribution in [0.4, 0.5) is 0 Å². The number of furan rings is 1. The number of aliphatic carboxylic acids is 1. The van der Waals surface area contributed by atoms with Crippen LogP contribution in [-0.4, -0.2) is 44.7 Å². The highest BCUT2D eigenvalue weighted by Crippen LogP contribution is 2.29. The summed E-state index contributed by atoms with van der Waals surface area (Å²) in [6.45, 7) is 1.80. The molecule has 7 heteroatoms. The molecule has 0 aromatic carbocycles. The number of nitrogens with one attached hydrogen (secondary N) is 1. The van der Waals surface area contributed by atoms with Crippen LogP contribution in [0.5, 0.6) is 0 Å². The number of nitrogens with zero attached hydrogens (tertiary/aromatic N) is 2. The minimum atomic E-state index is -0.906. The molecule has 2 aromatic heterocycles. The lowest BCUT2D eigenvalue weighted by atomic mass is 10.1. The van der Waals surface area contributed by atoms with Gasteiger partial charge in [-0.2, -0.15) is 5.10 Å². The van der Waals surface area contributed by atoms with Gasteiger partial charge >= 0.3 is 5.97 Å². The smallest absolute Gasteiger partial charge is 0.308 e. The van der Waals surface area contributed by atoms with Crippen LogP contribution < -0.4 is 0 Å². The molecule has 1 atom stereocenters. The van der Waals surface area contributed by atoms with Crippen LogP contribution in [0.15, 0.2) is 28.9 Å². The van der Waals surface area contributed by atoms with Crippen LogP contribution in [0, 0.1) is 5.92 Å². The molecule has 1 amide bonds. The Bertz CT molecular complexity index is 673. The van der Waals surface area contributed by atoms with Crippen molar-refractivity contribution >= 4 is 11.9 Å². The number of carbonyl (C=O) groups excluding carboxylic acids is 1. The van der Waals surface area contributed by atoms with Gasteiger partial charge in [0.25, 0.3) is 5.91 Å². The quantitative estimate of drug-likeness (QED) is 0.850. The summed E-state index contributed by atoms with van der Waals surface area (Å²) in [5.41, 5.74) is 0.895. The van der Waals surface area contributed by atoms with E-state index in [1.807, 2.05) is 0 Å². The number of rotatable bonds is 6. The van der Waals surface area contributed by atoms with Crippen molar-refractivity contribution in [1.82, 2.24) is 15.1 Å². The summed E-state index contributed by atoms with van der Waals surface area (Å²) >= 11 is 0. The maximum atomic E-state index is 12.6. The molecule has 3 rings (SSSR count). The highest BCUT2D eigenvalue weighted by Gasteiger charge is 2.35. The highest BCUT2D eigenvalue weighted by atomic mass is 16.4. The van der Waals surface area contributed by atoms with Crippen molar-refractivity contribution in [3.05, 3.63) is 30.2 Å². The zero-order valence-corrected chi connectivity index (χ0v) is 12.2. The number of amides is 1. The molecule has 1 aliphatic carbocycles. The minimum absolute atomic E-state index is 0.123. The molecule has 0 aliphatic heterocycles. The third-order valence-corrected chi connectivity index (χ3v) is 3.72. The maximum Gasteiger partial charge on any atom is 0.308 e. The summed E-state index contributed by atoms with van der Waals surface area (Å²) in [6.07, 6.45) is 3.36. The molecular formula is C15H17N3O4. The highest BCUT2D eigenvalue weighted by molar-refractivity contribution is 5.94. The lowest BCUT2D eigenvalue weighted by molar-refractivity contribution is -0.141. The predicted molar refractivity (Wildman–Crippen MR) is 77.1 cm³/mol. The van der Waals surface area contributed by atoms with Crippen LogP contribution in [-0.2, 0) is 4.79 Å². The molecule has 1 fully saturated rings. The molecule has 2 aromatic rings. The van der Waals surface area contributed by atoms with E-state index in [0.717, 1.165) is 12.8 Å². The number of carboxylic acid groups (broad SMARTS) is 1. The van der Waals surface area contributed by atoms with Gasteiger partial charge in [0.1, 0.15) is 5.69 Å². The van der Waals surface area contributed by atoms with Crippen molar-refractivity contribution in [2.75, 3.05) is 6.54 Å². The zero-order chi connectivity index (χ0) is 15.7. The number of H-pyrrole nitrogens is 1. The Morgan fingerprint density at radius 3 is 2.91 bits per heavy atom. The van der Waals surface area contributed by atoms with Gasteiger partial charge < -0.3 is 14.4 Å². The third kappa shape index (κ3) is 2.88. The average molecular weight is 303 g/mol. The van der Waals surface area contributed by atoms with Crippen LogP contribution in [0.25, 0.3) is 11.5 Å². The van der Waals surface area contributed by atoms with Crippen molar-refractivity contribution < 1.29 is 19.1 Å². The number of carboxylic acids is 1. The van der Waals surface area contributed by atoms with E-state index in [9.17, 15) is 9.59 Å². The number of aromatic amines is 1. The molecular weight excluding hydrogens is 286 g/mol. The van der Waals surface area contributed by atoms with Gasteiger partial charge in [0, 0.05) is 18.7 Å². The Hall–Kier alpha value is -2.57. The summed E-state index contributed by atoms with van der Waals surface area (Å²) in [5, 5.41) is 15.8. The second kappa shape index (κ2) is 5.67. The van der Waals surface area contributed by atoms with E-state index >= 15 is 0 Å². The molecule has 116 valence electrons. The summed E-state index contributed by atoms with van der Waals surface area (Å²) in [6, 6.07) is 5.27. The average Bonchev–Trinajstić information content (AvgIpc) is 3.01. The number of carbonyl (C=O) groups is 2. The summed E-state index contributed by atoms with van der Waals surface area (Å²) in [7, 11) is 0. The Balaban J connectivity index is 1.77. The largest absolute Gasteiger partial charge is 0.481 e. The van der Waals surface area contributed by atoms with Crippen molar-refractivity contribution in [2.24, 2.45) is 5.92 Å².